The van der Waals surface area contributed by atoms with Crippen molar-refractivity contribution in [3.8, 4) is 0 Å². The molecule has 1 aliphatic heterocycles. The van der Waals surface area contributed by atoms with Gasteiger partial charge in [-0.15, -0.1) is 11.3 Å². The molecule has 0 spiro atoms. The van der Waals surface area contributed by atoms with Gasteiger partial charge in [0.15, 0.2) is 5.13 Å². The second kappa shape index (κ2) is 5.93. The molecule has 0 amide bonds. The summed E-state index contributed by atoms with van der Waals surface area (Å²) in [6.45, 7) is 9.55. The van der Waals surface area contributed by atoms with Gasteiger partial charge in [-0.3, -0.25) is 4.90 Å². The van der Waals surface area contributed by atoms with Crippen LogP contribution in [-0.4, -0.2) is 45.1 Å². The Hall–Kier alpha value is -1.40. The predicted octanol–water partition coefficient (Wildman–Crippen LogP) is 2.07. The first-order valence-electron chi connectivity index (χ1n) is 7.16. The normalized spacial score (nSPS) is 20.5. The highest BCUT2D eigenvalue weighted by Gasteiger charge is 2.25. The summed E-state index contributed by atoms with van der Waals surface area (Å²) >= 11 is 1.73. The Morgan fingerprint density at radius 1 is 1.30 bits per heavy atom. The Labute approximate surface area is 123 Å². The zero-order valence-corrected chi connectivity index (χ0v) is 12.9. The van der Waals surface area contributed by atoms with Crippen molar-refractivity contribution in [3.63, 3.8) is 0 Å². The highest BCUT2D eigenvalue weighted by molar-refractivity contribution is 7.13. The van der Waals surface area contributed by atoms with Crippen LogP contribution in [0.3, 0.4) is 0 Å². The third kappa shape index (κ3) is 2.71. The van der Waals surface area contributed by atoms with Crippen molar-refractivity contribution >= 4 is 16.5 Å². The molecule has 108 valence electrons. The quantitative estimate of drug-likeness (QED) is 0.864. The number of hydrogen-bond acceptors (Lipinski definition) is 5. The average molecular weight is 291 g/mol. The van der Waals surface area contributed by atoms with Gasteiger partial charge in [0.1, 0.15) is 5.82 Å². The second-order valence-corrected chi connectivity index (χ2v) is 6.09. The minimum atomic E-state index is 0.500. The Bertz CT molecular complexity index is 536. The Morgan fingerprint density at radius 2 is 2.20 bits per heavy atom. The molecule has 1 unspecified atom stereocenters. The van der Waals surface area contributed by atoms with Gasteiger partial charge in [-0.25, -0.2) is 9.97 Å². The van der Waals surface area contributed by atoms with Crippen molar-refractivity contribution < 1.29 is 0 Å². The molecule has 0 bridgehead atoms. The van der Waals surface area contributed by atoms with Crippen LogP contribution >= 0.6 is 11.3 Å². The molecule has 0 aliphatic carbocycles. The Kier molecular flexibility index (Phi) is 4.03. The zero-order chi connectivity index (χ0) is 13.9. The van der Waals surface area contributed by atoms with Crippen molar-refractivity contribution in [3.05, 3.63) is 29.8 Å². The molecular weight excluding hydrogens is 270 g/mol. The van der Waals surface area contributed by atoms with Gasteiger partial charge in [0.2, 0.25) is 0 Å². The first-order valence-corrected chi connectivity index (χ1v) is 8.04. The SMILES string of the molecule is CCn1ccnc1CN1CCN(c2nccs2)C(C)C1. The lowest BCUT2D eigenvalue weighted by Crippen LogP contribution is -2.51. The number of anilines is 1. The Morgan fingerprint density at radius 3 is 2.90 bits per heavy atom. The van der Waals surface area contributed by atoms with Crippen molar-refractivity contribution in [1.29, 1.82) is 0 Å². The van der Waals surface area contributed by atoms with E-state index in [0.717, 1.165) is 37.9 Å². The van der Waals surface area contributed by atoms with E-state index in [1.54, 1.807) is 11.3 Å². The maximum Gasteiger partial charge on any atom is 0.185 e. The predicted molar refractivity (Wildman–Crippen MR) is 82.1 cm³/mol. The smallest absolute Gasteiger partial charge is 0.185 e. The molecule has 3 rings (SSSR count). The molecule has 0 N–H and O–H groups in total. The summed E-state index contributed by atoms with van der Waals surface area (Å²) in [4.78, 5) is 13.8. The van der Waals surface area contributed by atoms with E-state index in [0.29, 0.717) is 6.04 Å². The fraction of sp³-hybridized carbons (Fsp3) is 0.571. The van der Waals surface area contributed by atoms with E-state index in [9.17, 15) is 0 Å². The lowest BCUT2D eigenvalue weighted by molar-refractivity contribution is 0.213. The van der Waals surface area contributed by atoms with Gasteiger partial charge >= 0.3 is 0 Å². The molecule has 3 heterocycles. The van der Waals surface area contributed by atoms with Crippen LogP contribution in [0.2, 0.25) is 0 Å². The van der Waals surface area contributed by atoms with Crippen molar-refractivity contribution in [2.24, 2.45) is 0 Å². The lowest BCUT2D eigenvalue weighted by Gasteiger charge is -2.39. The van der Waals surface area contributed by atoms with E-state index >= 15 is 0 Å². The molecule has 0 radical (unpaired) electrons. The number of hydrogen-bond donors (Lipinski definition) is 0. The maximum absolute atomic E-state index is 4.47. The van der Waals surface area contributed by atoms with Crippen LogP contribution in [-0.2, 0) is 13.1 Å². The number of rotatable bonds is 4. The second-order valence-electron chi connectivity index (χ2n) is 5.22. The molecule has 1 atom stereocenters. The van der Waals surface area contributed by atoms with Gasteiger partial charge in [0, 0.05) is 56.2 Å². The van der Waals surface area contributed by atoms with Gasteiger partial charge in [0.05, 0.1) is 6.54 Å². The standard InChI is InChI=1S/C14H21N5S/c1-3-18-6-4-15-13(18)11-17-7-8-19(12(2)10-17)14-16-5-9-20-14/h4-6,9,12H,3,7-8,10-11H2,1-2H3. The van der Waals surface area contributed by atoms with E-state index < -0.39 is 0 Å². The minimum absolute atomic E-state index is 0.500. The van der Waals surface area contributed by atoms with Gasteiger partial charge < -0.3 is 9.47 Å². The minimum Gasteiger partial charge on any atom is -0.343 e. The van der Waals surface area contributed by atoms with E-state index in [1.807, 2.05) is 17.8 Å². The van der Waals surface area contributed by atoms with E-state index in [4.69, 9.17) is 0 Å². The molecular formula is C14H21N5S. The molecule has 2 aromatic rings. The van der Waals surface area contributed by atoms with E-state index in [1.165, 1.54) is 5.82 Å². The van der Waals surface area contributed by atoms with Crippen molar-refractivity contribution in [2.45, 2.75) is 33.0 Å². The molecule has 20 heavy (non-hydrogen) atoms. The molecule has 1 saturated heterocycles. The number of aromatic nitrogens is 3. The fourth-order valence-electron chi connectivity index (χ4n) is 2.80. The van der Waals surface area contributed by atoms with Crippen LogP contribution in [0, 0.1) is 0 Å². The molecule has 0 aromatic carbocycles. The van der Waals surface area contributed by atoms with Gasteiger partial charge in [-0.2, -0.15) is 0 Å². The number of nitrogens with zero attached hydrogens (tertiary/aromatic N) is 5. The van der Waals surface area contributed by atoms with E-state index in [-0.39, 0.29) is 0 Å². The molecule has 1 fully saturated rings. The topological polar surface area (TPSA) is 37.2 Å². The molecule has 2 aromatic heterocycles. The first-order chi connectivity index (χ1) is 9.78. The molecule has 5 nitrogen and oxygen atoms in total. The number of imidazole rings is 1. The van der Waals surface area contributed by atoms with Crippen LogP contribution in [0.25, 0.3) is 0 Å². The third-order valence-electron chi connectivity index (χ3n) is 3.88. The van der Waals surface area contributed by atoms with Crippen molar-refractivity contribution in [2.75, 3.05) is 24.5 Å². The number of aryl methyl sites for hydroxylation is 1. The highest BCUT2D eigenvalue weighted by atomic mass is 32.1. The largest absolute Gasteiger partial charge is 0.343 e. The average Bonchev–Trinajstić information content (AvgIpc) is 3.09. The van der Waals surface area contributed by atoms with E-state index in [2.05, 4.69) is 44.4 Å². The summed E-state index contributed by atoms with van der Waals surface area (Å²) in [6.07, 6.45) is 5.84. The van der Waals surface area contributed by atoms with Gasteiger partial charge in [-0.1, -0.05) is 0 Å². The van der Waals surface area contributed by atoms with Crippen LogP contribution in [0.5, 0.6) is 0 Å². The number of piperazine rings is 1. The summed E-state index contributed by atoms with van der Waals surface area (Å²) in [5.41, 5.74) is 0. The van der Waals surface area contributed by atoms with Crippen molar-refractivity contribution in [1.82, 2.24) is 19.4 Å². The third-order valence-corrected chi connectivity index (χ3v) is 4.69. The maximum atomic E-state index is 4.47. The lowest BCUT2D eigenvalue weighted by atomic mass is 10.2. The van der Waals surface area contributed by atoms with Gasteiger partial charge in [0.25, 0.3) is 0 Å². The summed E-state index contributed by atoms with van der Waals surface area (Å²) in [6, 6.07) is 0.500. The Balaban J connectivity index is 1.62. The highest BCUT2D eigenvalue weighted by Crippen LogP contribution is 2.23. The monoisotopic (exact) mass is 291 g/mol. The molecule has 1 aliphatic rings. The number of thiazole rings is 1. The summed E-state index contributed by atoms with van der Waals surface area (Å²) < 4.78 is 2.22. The summed E-state index contributed by atoms with van der Waals surface area (Å²) in [5, 5.41) is 3.19. The fourth-order valence-corrected chi connectivity index (χ4v) is 3.57. The van der Waals surface area contributed by atoms with Crippen LogP contribution < -0.4 is 4.90 Å². The van der Waals surface area contributed by atoms with Crippen LogP contribution in [0.4, 0.5) is 5.13 Å². The first kappa shape index (κ1) is 13.6. The van der Waals surface area contributed by atoms with Crippen LogP contribution in [0.15, 0.2) is 24.0 Å². The van der Waals surface area contributed by atoms with Gasteiger partial charge in [-0.05, 0) is 13.8 Å². The molecule has 0 saturated carbocycles. The summed E-state index contributed by atoms with van der Waals surface area (Å²) in [7, 11) is 0. The zero-order valence-electron chi connectivity index (χ0n) is 12.1. The van der Waals surface area contributed by atoms with Crippen LogP contribution in [0.1, 0.15) is 19.7 Å². The summed E-state index contributed by atoms with van der Waals surface area (Å²) in [5.74, 6) is 1.17. The molecule has 6 heteroatoms.